The lowest BCUT2D eigenvalue weighted by Gasteiger charge is -2.05. The van der Waals surface area contributed by atoms with E-state index in [1.54, 1.807) is 4.68 Å². The minimum Gasteiger partial charge on any atom is -0.346 e. The highest BCUT2D eigenvalue weighted by molar-refractivity contribution is 5.94. The van der Waals surface area contributed by atoms with Gasteiger partial charge in [-0.15, -0.1) is 0 Å². The summed E-state index contributed by atoms with van der Waals surface area (Å²) < 4.78 is 1.80. The molecule has 0 unspecified atom stereocenters. The Morgan fingerprint density at radius 1 is 1.04 bits per heavy atom. The second kappa shape index (κ2) is 6.48. The van der Waals surface area contributed by atoms with E-state index >= 15 is 0 Å². The molecule has 0 bridgehead atoms. The number of hydrogen-bond donors (Lipinski definition) is 1. The maximum atomic E-state index is 12.2. The Bertz CT molecular complexity index is 785. The van der Waals surface area contributed by atoms with Crippen molar-refractivity contribution in [2.75, 3.05) is 0 Å². The molecule has 4 heteroatoms. The van der Waals surface area contributed by atoms with Gasteiger partial charge >= 0.3 is 0 Å². The Balaban J connectivity index is 1.66. The fourth-order valence-corrected chi connectivity index (χ4v) is 2.44. The molecular weight excluding hydrogens is 286 g/mol. The Labute approximate surface area is 135 Å². The Hall–Kier alpha value is -2.88. The van der Waals surface area contributed by atoms with Gasteiger partial charge in [-0.05, 0) is 36.2 Å². The molecule has 23 heavy (non-hydrogen) atoms. The zero-order chi connectivity index (χ0) is 16.2. The van der Waals surface area contributed by atoms with Crippen LogP contribution in [-0.4, -0.2) is 15.7 Å². The Morgan fingerprint density at radius 3 is 2.30 bits per heavy atom. The van der Waals surface area contributed by atoms with Gasteiger partial charge in [-0.2, -0.15) is 5.10 Å². The van der Waals surface area contributed by atoms with E-state index in [-0.39, 0.29) is 5.91 Å². The zero-order valence-electron chi connectivity index (χ0n) is 13.3. The van der Waals surface area contributed by atoms with E-state index in [0.29, 0.717) is 12.1 Å². The van der Waals surface area contributed by atoms with Gasteiger partial charge in [0.05, 0.1) is 12.2 Å². The SMILES string of the molecule is Cc1cc(CNC(=O)c2ccc(-c3ccccc3)cc2)nn1C. The minimum absolute atomic E-state index is 0.0899. The highest BCUT2D eigenvalue weighted by atomic mass is 16.1. The number of nitrogens with one attached hydrogen (secondary N) is 1. The summed E-state index contributed by atoms with van der Waals surface area (Å²) in [6, 6.07) is 19.7. The van der Waals surface area contributed by atoms with Crippen molar-refractivity contribution in [3.05, 3.63) is 77.6 Å². The number of carbonyl (C=O) groups excluding carboxylic acids is 1. The van der Waals surface area contributed by atoms with E-state index in [4.69, 9.17) is 0 Å². The molecule has 4 nitrogen and oxygen atoms in total. The van der Waals surface area contributed by atoms with Crippen molar-refractivity contribution in [3.8, 4) is 11.1 Å². The van der Waals surface area contributed by atoms with Gasteiger partial charge in [0.1, 0.15) is 0 Å². The molecule has 0 aliphatic carbocycles. The maximum Gasteiger partial charge on any atom is 0.251 e. The van der Waals surface area contributed by atoms with Gasteiger partial charge in [0.25, 0.3) is 5.91 Å². The summed E-state index contributed by atoms with van der Waals surface area (Å²) in [5.74, 6) is -0.0899. The Morgan fingerprint density at radius 2 is 1.70 bits per heavy atom. The molecule has 0 saturated carbocycles. The standard InChI is InChI=1S/C19H19N3O/c1-14-12-18(21-22(14)2)13-20-19(23)17-10-8-16(9-11-17)15-6-4-3-5-7-15/h3-12H,13H2,1-2H3,(H,20,23). The van der Waals surface area contributed by atoms with E-state index in [9.17, 15) is 4.79 Å². The summed E-state index contributed by atoms with van der Waals surface area (Å²) >= 11 is 0. The number of amides is 1. The van der Waals surface area contributed by atoms with Crippen LogP contribution in [0.1, 0.15) is 21.7 Å². The molecule has 1 aromatic heterocycles. The third-order valence-corrected chi connectivity index (χ3v) is 3.85. The average molecular weight is 305 g/mol. The fraction of sp³-hybridized carbons (Fsp3) is 0.158. The number of aromatic nitrogens is 2. The topological polar surface area (TPSA) is 46.9 Å². The third kappa shape index (κ3) is 3.48. The van der Waals surface area contributed by atoms with E-state index in [0.717, 1.165) is 22.5 Å². The van der Waals surface area contributed by atoms with Crippen LogP contribution >= 0.6 is 0 Å². The van der Waals surface area contributed by atoms with Crippen molar-refractivity contribution >= 4 is 5.91 Å². The summed E-state index contributed by atoms with van der Waals surface area (Å²) in [4.78, 5) is 12.2. The normalized spacial score (nSPS) is 10.5. The first-order valence-corrected chi connectivity index (χ1v) is 7.57. The lowest BCUT2D eigenvalue weighted by molar-refractivity contribution is 0.0950. The van der Waals surface area contributed by atoms with Crippen molar-refractivity contribution in [2.45, 2.75) is 13.5 Å². The molecule has 3 aromatic rings. The Kier molecular flexibility index (Phi) is 4.24. The lowest BCUT2D eigenvalue weighted by atomic mass is 10.0. The van der Waals surface area contributed by atoms with E-state index in [2.05, 4.69) is 22.5 Å². The smallest absolute Gasteiger partial charge is 0.251 e. The van der Waals surface area contributed by atoms with Gasteiger partial charge in [0.15, 0.2) is 0 Å². The highest BCUT2D eigenvalue weighted by Gasteiger charge is 2.07. The van der Waals surface area contributed by atoms with Crippen LogP contribution in [0.2, 0.25) is 0 Å². The molecule has 0 saturated heterocycles. The number of nitrogens with zero attached hydrogens (tertiary/aromatic N) is 2. The predicted octanol–water partition coefficient (Wildman–Crippen LogP) is 3.33. The minimum atomic E-state index is -0.0899. The fourth-order valence-electron chi connectivity index (χ4n) is 2.44. The predicted molar refractivity (Wildman–Crippen MR) is 91.0 cm³/mol. The van der Waals surface area contributed by atoms with Gasteiger partial charge < -0.3 is 5.32 Å². The molecule has 1 heterocycles. The van der Waals surface area contributed by atoms with E-state index in [1.165, 1.54) is 0 Å². The van der Waals surface area contributed by atoms with Gasteiger partial charge in [-0.3, -0.25) is 9.48 Å². The molecule has 3 rings (SSSR count). The maximum absolute atomic E-state index is 12.2. The number of rotatable bonds is 4. The average Bonchev–Trinajstić information content (AvgIpc) is 2.92. The van der Waals surface area contributed by atoms with Crippen LogP contribution in [-0.2, 0) is 13.6 Å². The molecule has 0 fully saturated rings. The van der Waals surface area contributed by atoms with Crippen LogP contribution in [0.3, 0.4) is 0 Å². The van der Waals surface area contributed by atoms with Crippen LogP contribution in [0.5, 0.6) is 0 Å². The van der Waals surface area contributed by atoms with Crippen LogP contribution in [0, 0.1) is 6.92 Å². The molecule has 0 aliphatic heterocycles. The molecule has 0 atom stereocenters. The molecule has 1 N–H and O–H groups in total. The van der Waals surface area contributed by atoms with Crippen molar-refractivity contribution < 1.29 is 4.79 Å². The van der Waals surface area contributed by atoms with Crippen molar-refractivity contribution in [2.24, 2.45) is 7.05 Å². The highest BCUT2D eigenvalue weighted by Crippen LogP contribution is 2.19. The summed E-state index contributed by atoms with van der Waals surface area (Å²) in [6.07, 6.45) is 0. The van der Waals surface area contributed by atoms with Crippen LogP contribution in [0.15, 0.2) is 60.7 Å². The van der Waals surface area contributed by atoms with Crippen LogP contribution in [0.25, 0.3) is 11.1 Å². The first-order chi connectivity index (χ1) is 11.1. The van der Waals surface area contributed by atoms with Gasteiger partial charge in [0, 0.05) is 18.3 Å². The summed E-state index contributed by atoms with van der Waals surface area (Å²) in [7, 11) is 1.89. The number of benzene rings is 2. The zero-order valence-corrected chi connectivity index (χ0v) is 13.3. The number of aryl methyl sites for hydroxylation is 2. The molecule has 0 aliphatic rings. The first-order valence-electron chi connectivity index (χ1n) is 7.57. The second-order valence-electron chi connectivity index (χ2n) is 5.53. The quantitative estimate of drug-likeness (QED) is 0.803. The van der Waals surface area contributed by atoms with E-state index in [1.807, 2.05) is 62.5 Å². The summed E-state index contributed by atoms with van der Waals surface area (Å²) in [5.41, 5.74) is 4.82. The second-order valence-corrected chi connectivity index (χ2v) is 5.53. The largest absolute Gasteiger partial charge is 0.346 e. The molecule has 116 valence electrons. The third-order valence-electron chi connectivity index (χ3n) is 3.85. The summed E-state index contributed by atoms with van der Waals surface area (Å²) in [6.45, 7) is 2.42. The molecule has 0 radical (unpaired) electrons. The van der Waals surface area contributed by atoms with Gasteiger partial charge in [0.2, 0.25) is 0 Å². The molecule has 1 amide bonds. The number of carbonyl (C=O) groups is 1. The molecular formula is C19H19N3O. The van der Waals surface area contributed by atoms with Crippen molar-refractivity contribution in [1.29, 1.82) is 0 Å². The van der Waals surface area contributed by atoms with Crippen LogP contribution in [0.4, 0.5) is 0 Å². The summed E-state index contributed by atoms with van der Waals surface area (Å²) in [5, 5.41) is 7.23. The number of hydrogen-bond acceptors (Lipinski definition) is 2. The van der Waals surface area contributed by atoms with Gasteiger partial charge in [-0.1, -0.05) is 42.5 Å². The monoisotopic (exact) mass is 305 g/mol. The van der Waals surface area contributed by atoms with E-state index < -0.39 is 0 Å². The molecule has 0 spiro atoms. The van der Waals surface area contributed by atoms with Crippen LogP contribution < -0.4 is 5.32 Å². The first kappa shape index (κ1) is 15.0. The van der Waals surface area contributed by atoms with Gasteiger partial charge in [-0.25, -0.2) is 0 Å². The molecule has 2 aromatic carbocycles. The lowest BCUT2D eigenvalue weighted by Crippen LogP contribution is -2.23. The van der Waals surface area contributed by atoms with Crippen molar-refractivity contribution in [3.63, 3.8) is 0 Å². The van der Waals surface area contributed by atoms with Crippen molar-refractivity contribution in [1.82, 2.24) is 15.1 Å².